The molecule has 3 aromatic rings. The molecule has 2 aromatic carbocycles. The molecule has 4 rings (SSSR count). The molecule has 10 nitrogen and oxygen atoms in total. The van der Waals surface area contributed by atoms with Gasteiger partial charge < -0.3 is 25.6 Å². The Labute approximate surface area is 262 Å². The Kier molecular flexibility index (Phi) is 10.2. The molecule has 2 heterocycles. The number of rotatable bonds is 10. The molecule has 2 atom stereocenters. The number of carbonyl (C=O) groups is 3. The van der Waals surface area contributed by atoms with Crippen LogP contribution < -0.4 is 20.9 Å². The van der Waals surface area contributed by atoms with Crippen LogP contribution in [-0.2, 0) is 19.7 Å². The van der Waals surface area contributed by atoms with E-state index in [1.807, 2.05) is 31.2 Å². The third-order valence-electron chi connectivity index (χ3n) is 7.21. The Balaban J connectivity index is 1.58. The summed E-state index contributed by atoms with van der Waals surface area (Å²) in [4.78, 5) is 47.1. The number of benzene rings is 2. The minimum absolute atomic E-state index is 0.0543. The van der Waals surface area contributed by atoms with E-state index >= 15 is 0 Å². The molecule has 0 radical (unpaired) electrons. The van der Waals surface area contributed by atoms with Gasteiger partial charge in [0.2, 0.25) is 18.3 Å². The fourth-order valence-electron chi connectivity index (χ4n) is 4.68. The zero-order valence-electron chi connectivity index (χ0n) is 25.5. The van der Waals surface area contributed by atoms with E-state index in [-0.39, 0.29) is 35.3 Å². The van der Waals surface area contributed by atoms with Crippen molar-refractivity contribution in [3.8, 4) is 0 Å². The topological polar surface area (TPSA) is 126 Å². The highest BCUT2D eigenvalue weighted by atomic mass is 35.5. The minimum atomic E-state index is -0.305. The fraction of sp³-hybridized carbons (Fsp3) is 0.303. The highest BCUT2D eigenvalue weighted by Crippen LogP contribution is 2.30. The molecule has 1 aliphatic heterocycles. The lowest BCUT2D eigenvalue weighted by molar-refractivity contribution is -0.117. The van der Waals surface area contributed by atoms with Gasteiger partial charge in [-0.3, -0.25) is 14.4 Å². The van der Waals surface area contributed by atoms with Crippen LogP contribution in [-0.4, -0.2) is 60.5 Å². The second-order valence-electron chi connectivity index (χ2n) is 11.6. The summed E-state index contributed by atoms with van der Waals surface area (Å²) in [6.45, 7) is 12.4. The van der Waals surface area contributed by atoms with Crippen LogP contribution in [0.3, 0.4) is 0 Å². The van der Waals surface area contributed by atoms with Gasteiger partial charge >= 0.3 is 0 Å². The highest BCUT2D eigenvalue weighted by molar-refractivity contribution is 6.32. The number of hydrogen-bond donors (Lipinski definition) is 3. The van der Waals surface area contributed by atoms with Gasteiger partial charge in [-0.15, -0.1) is 0 Å². The van der Waals surface area contributed by atoms with Gasteiger partial charge in [-0.2, -0.15) is 4.98 Å². The number of hydrogen-bond acceptors (Lipinski definition) is 7. The number of anilines is 3. The lowest BCUT2D eigenvalue weighted by Gasteiger charge is -2.21. The summed E-state index contributed by atoms with van der Waals surface area (Å²) in [7, 11) is 1.59. The highest BCUT2D eigenvalue weighted by Gasteiger charge is 2.30. The van der Waals surface area contributed by atoms with E-state index < -0.39 is 0 Å². The van der Waals surface area contributed by atoms with Crippen LogP contribution in [0, 0.1) is 0 Å². The van der Waals surface area contributed by atoms with Crippen molar-refractivity contribution >= 4 is 58.9 Å². The number of ether oxygens (including phenoxy) is 1. The third-order valence-corrected chi connectivity index (χ3v) is 7.54. The van der Waals surface area contributed by atoms with Crippen molar-refractivity contribution in [3.63, 3.8) is 0 Å². The molecular weight excluding hydrogens is 580 g/mol. The zero-order chi connectivity index (χ0) is 32.0. The molecule has 0 spiro atoms. The summed E-state index contributed by atoms with van der Waals surface area (Å²) in [6, 6.07) is 12.3. The molecule has 0 saturated carbocycles. The number of halogens is 1. The first-order chi connectivity index (χ1) is 20.9. The van der Waals surface area contributed by atoms with Crippen LogP contribution in [0.4, 0.5) is 17.5 Å². The molecular formula is C33H37ClN6O4. The fourth-order valence-corrected chi connectivity index (χ4v) is 4.95. The molecule has 1 aliphatic rings. The maximum Gasteiger partial charge on any atom is 0.255 e. The molecule has 44 heavy (non-hydrogen) atoms. The second-order valence-corrected chi connectivity index (χ2v) is 12.0. The lowest BCUT2D eigenvalue weighted by atomic mass is 9.87. The van der Waals surface area contributed by atoms with Crippen molar-refractivity contribution < 1.29 is 19.1 Å². The molecule has 230 valence electrons. The van der Waals surface area contributed by atoms with Gasteiger partial charge in [-0.05, 0) is 71.5 Å². The molecule has 11 heteroatoms. The minimum Gasteiger partial charge on any atom is -0.377 e. The van der Waals surface area contributed by atoms with E-state index in [0.29, 0.717) is 52.8 Å². The molecule has 3 N–H and O–H groups in total. The van der Waals surface area contributed by atoms with Crippen molar-refractivity contribution in [1.82, 2.24) is 15.3 Å². The number of allylic oxidation sites excluding steroid dienone is 1. The van der Waals surface area contributed by atoms with Crippen LogP contribution in [0.15, 0.2) is 61.3 Å². The summed E-state index contributed by atoms with van der Waals surface area (Å²) < 4.78 is 5.52. The first-order valence-electron chi connectivity index (χ1n) is 14.1. The molecule has 2 unspecified atom stereocenters. The van der Waals surface area contributed by atoms with Crippen molar-refractivity contribution in [2.24, 2.45) is 0 Å². The number of nitrogens with zero attached hydrogens (tertiary/aromatic N) is 3. The van der Waals surface area contributed by atoms with Gasteiger partial charge in [0.05, 0.1) is 25.3 Å². The zero-order valence-corrected chi connectivity index (χ0v) is 26.2. The van der Waals surface area contributed by atoms with Crippen molar-refractivity contribution in [1.29, 1.82) is 0 Å². The van der Waals surface area contributed by atoms with Gasteiger partial charge in [0.15, 0.2) is 0 Å². The third kappa shape index (κ3) is 7.89. The summed E-state index contributed by atoms with van der Waals surface area (Å²) in [6.07, 6.45) is 5.25. The molecule has 3 amide bonds. The Morgan fingerprint density at radius 3 is 2.59 bits per heavy atom. The van der Waals surface area contributed by atoms with Crippen LogP contribution >= 0.6 is 11.6 Å². The predicted molar refractivity (Wildman–Crippen MR) is 175 cm³/mol. The second kappa shape index (κ2) is 13.8. The quantitative estimate of drug-likeness (QED) is 0.208. The smallest absolute Gasteiger partial charge is 0.255 e. The van der Waals surface area contributed by atoms with Crippen LogP contribution in [0.1, 0.15) is 54.7 Å². The van der Waals surface area contributed by atoms with Gasteiger partial charge in [0.1, 0.15) is 5.82 Å². The Bertz CT molecular complexity index is 1600. The van der Waals surface area contributed by atoms with Crippen molar-refractivity contribution in [3.05, 3.63) is 88.6 Å². The van der Waals surface area contributed by atoms with Crippen LogP contribution in [0.25, 0.3) is 11.6 Å². The Hall–Kier alpha value is -4.54. The summed E-state index contributed by atoms with van der Waals surface area (Å²) >= 11 is 6.57. The number of amides is 3. The normalized spacial score (nSPS) is 16.6. The summed E-state index contributed by atoms with van der Waals surface area (Å²) in [5.74, 6) is 0.0520. The summed E-state index contributed by atoms with van der Waals surface area (Å²) in [5, 5.41) is 9.45. The van der Waals surface area contributed by atoms with E-state index in [1.165, 1.54) is 11.0 Å². The Morgan fingerprint density at radius 2 is 1.89 bits per heavy atom. The maximum atomic E-state index is 13.2. The summed E-state index contributed by atoms with van der Waals surface area (Å²) in [5.41, 5.74) is 4.15. The van der Waals surface area contributed by atoms with E-state index in [4.69, 9.17) is 16.3 Å². The maximum absolute atomic E-state index is 13.2. The SMILES string of the molecule is C=CC(=O)NC1COCC1Nc1ncc(/C=C(\C)c2cc(C(=O)Nc3cccc(C(C)(C)C)c3)ccc2Cl)c(N(C)C=O)n1. The molecule has 1 aromatic heterocycles. The van der Waals surface area contributed by atoms with Crippen LogP contribution in [0.5, 0.6) is 0 Å². The lowest BCUT2D eigenvalue weighted by Crippen LogP contribution is -2.45. The molecule has 1 fully saturated rings. The number of nitrogens with one attached hydrogen (secondary N) is 3. The Morgan fingerprint density at radius 1 is 1.14 bits per heavy atom. The van der Waals surface area contributed by atoms with Gasteiger partial charge in [-0.1, -0.05) is 51.1 Å². The van der Waals surface area contributed by atoms with E-state index in [1.54, 1.807) is 37.5 Å². The van der Waals surface area contributed by atoms with E-state index in [2.05, 4.69) is 53.3 Å². The van der Waals surface area contributed by atoms with Crippen molar-refractivity contribution in [2.45, 2.75) is 45.2 Å². The average molecular weight is 617 g/mol. The average Bonchev–Trinajstić information content (AvgIpc) is 3.43. The van der Waals surface area contributed by atoms with E-state index in [9.17, 15) is 14.4 Å². The largest absolute Gasteiger partial charge is 0.377 e. The number of carbonyl (C=O) groups excluding carboxylic acids is 3. The monoisotopic (exact) mass is 616 g/mol. The van der Waals surface area contributed by atoms with Gasteiger partial charge in [-0.25, -0.2) is 4.98 Å². The van der Waals surface area contributed by atoms with Crippen LogP contribution in [0.2, 0.25) is 5.02 Å². The standard InChI is InChI=1S/C33H37ClN6O4/c1-7-29(42)37-27-17-44-18-28(27)38-32-35-16-22(30(39-32)40(6)19-41)13-20(2)25-14-21(11-12-26(25)34)31(43)36-24-10-8-9-23(15-24)33(3,4)5/h7-16,19,27-28H,1,17-18H2,2-6H3,(H,36,43)(H,37,42)(H,35,38,39)/b20-13+. The number of aromatic nitrogens is 2. The van der Waals surface area contributed by atoms with Gasteiger partial charge in [0.25, 0.3) is 5.91 Å². The van der Waals surface area contributed by atoms with E-state index in [0.717, 1.165) is 11.1 Å². The predicted octanol–water partition coefficient (Wildman–Crippen LogP) is 5.31. The molecule has 0 aliphatic carbocycles. The first kappa shape index (κ1) is 32.4. The molecule has 0 bridgehead atoms. The molecule has 1 saturated heterocycles. The van der Waals surface area contributed by atoms with Gasteiger partial charge in [0, 0.05) is 35.1 Å². The van der Waals surface area contributed by atoms with Crippen molar-refractivity contribution in [2.75, 3.05) is 35.8 Å². The first-order valence-corrected chi connectivity index (χ1v) is 14.5.